The number of nitrogens with zero attached hydrogens (tertiary/aromatic N) is 1. The number of rotatable bonds is 11. The van der Waals surface area contributed by atoms with E-state index in [1.165, 1.54) is 4.57 Å². The van der Waals surface area contributed by atoms with Crippen molar-refractivity contribution in [1.29, 1.82) is 0 Å². The van der Waals surface area contributed by atoms with Crippen molar-refractivity contribution < 1.29 is 17.9 Å². The fourth-order valence-electron chi connectivity index (χ4n) is 4.09. The van der Waals surface area contributed by atoms with Crippen LogP contribution in [0.1, 0.15) is 31.9 Å². The minimum atomic E-state index is -4.38. The molecule has 0 aliphatic heterocycles. The first-order chi connectivity index (χ1) is 17.3. The van der Waals surface area contributed by atoms with Gasteiger partial charge in [-0.05, 0) is 73.7 Å². The number of nitrogens with two attached hydrogens (primary N) is 2. The van der Waals surface area contributed by atoms with Crippen molar-refractivity contribution in [2.45, 2.75) is 49.8 Å². The van der Waals surface area contributed by atoms with Crippen molar-refractivity contribution in [3.63, 3.8) is 0 Å². The molecule has 6 nitrogen and oxygen atoms in total. The van der Waals surface area contributed by atoms with Gasteiger partial charge in [0.2, 0.25) is 0 Å². The maximum Gasteiger partial charge on any atom is 0.406 e. The molecule has 0 amide bonds. The molecule has 1 heterocycles. The predicted octanol–water partition coefficient (Wildman–Crippen LogP) is 5.57. The van der Waals surface area contributed by atoms with E-state index >= 15 is 0 Å². The van der Waals surface area contributed by atoms with Crippen molar-refractivity contribution in [2.75, 3.05) is 30.8 Å². The third-order valence-corrected chi connectivity index (χ3v) is 6.21. The number of alkyl halides is 3. The molecule has 0 fully saturated rings. The smallest absolute Gasteiger partial charge is 0.406 e. The second-order valence-electron chi connectivity index (χ2n) is 8.31. The summed E-state index contributed by atoms with van der Waals surface area (Å²) in [5, 5.41) is 12.9. The Balaban J connectivity index is 1.91. The van der Waals surface area contributed by atoms with Crippen LogP contribution >= 0.6 is 11.9 Å². The standard InChI is InChI=1S/C26H32F3N5OS/c1-3-6-18(12-13-30)33-22-8-4-9-24-21(22)15-19(34(24)17-26(27,28)29)7-5-14-32-23-11-10-20(36-31)16-25(23)35-2/h4,8-11,15-16,18,32-33H,3,6,12-14,17,30-31H2,1-2H3. The highest BCUT2D eigenvalue weighted by Gasteiger charge is 2.30. The van der Waals surface area contributed by atoms with Gasteiger partial charge in [0.05, 0.1) is 30.6 Å². The molecule has 194 valence electrons. The molecule has 3 aromatic rings. The summed E-state index contributed by atoms with van der Waals surface area (Å²) < 4.78 is 47.0. The molecule has 1 atom stereocenters. The van der Waals surface area contributed by atoms with Gasteiger partial charge in [0.25, 0.3) is 0 Å². The number of aromatic nitrogens is 1. The molecule has 0 bridgehead atoms. The molecule has 3 rings (SSSR count). The molecular formula is C26H32F3N5OS. The molecule has 0 radical (unpaired) electrons. The summed E-state index contributed by atoms with van der Waals surface area (Å²) >= 11 is 1.11. The van der Waals surface area contributed by atoms with Crippen LogP contribution in [0.2, 0.25) is 0 Å². The van der Waals surface area contributed by atoms with Crippen molar-refractivity contribution in [3.8, 4) is 17.6 Å². The molecule has 0 saturated heterocycles. The molecule has 0 aliphatic rings. The van der Waals surface area contributed by atoms with E-state index in [2.05, 4.69) is 29.4 Å². The van der Waals surface area contributed by atoms with E-state index in [0.717, 1.165) is 41.8 Å². The van der Waals surface area contributed by atoms with Gasteiger partial charge in [0.15, 0.2) is 0 Å². The average Bonchev–Trinajstić information content (AvgIpc) is 3.19. The lowest BCUT2D eigenvalue weighted by molar-refractivity contribution is -0.140. The van der Waals surface area contributed by atoms with Gasteiger partial charge in [-0.3, -0.25) is 5.14 Å². The van der Waals surface area contributed by atoms with Gasteiger partial charge in [-0.1, -0.05) is 25.3 Å². The molecule has 0 aliphatic carbocycles. The Hall–Kier alpha value is -3.00. The number of ether oxygens (including phenoxy) is 1. The highest BCUT2D eigenvalue weighted by atomic mass is 32.2. The Kier molecular flexibility index (Phi) is 9.81. The minimum Gasteiger partial charge on any atom is -0.495 e. The molecule has 0 saturated carbocycles. The lowest BCUT2D eigenvalue weighted by atomic mass is 10.1. The first-order valence-electron chi connectivity index (χ1n) is 11.7. The van der Waals surface area contributed by atoms with Crippen molar-refractivity contribution in [3.05, 3.63) is 48.2 Å². The highest BCUT2D eigenvalue weighted by Crippen LogP contribution is 2.31. The lowest BCUT2D eigenvalue weighted by Crippen LogP contribution is -2.23. The quantitative estimate of drug-likeness (QED) is 0.196. The van der Waals surface area contributed by atoms with E-state index in [4.69, 9.17) is 15.6 Å². The molecule has 1 aromatic heterocycles. The topological polar surface area (TPSA) is 90.3 Å². The SMILES string of the molecule is CCCC(CCN)Nc1cccc2c1cc(C#CCNc1ccc(SN)cc1OC)n2CC(F)(F)F. The Morgan fingerprint density at radius 1 is 1.14 bits per heavy atom. The van der Waals surface area contributed by atoms with E-state index < -0.39 is 12.7 Å². The monoisotopic (exact) mass is 519 g/mol. The Bertz CT molecular complexity index is 1210. The number of methoxy groups -OCH3 is 1. The van der Waals surface area contributed by atoms with Gasteiger partial charge in [-0.15, -0.1) is 0 Å². The normalized spacial score (nSPS) is 12.2. The van der Waals surface area contributed by atoms with Crippen molar-refractivity contribution in [2.24, 2.45) is 10.9 Å². The van der Waals surface area contributed by atoms with E-state index in [-0.39, 0.29) is 12.6 Å². The summed E-state index contributed by atoms with van der Waals surface area (Å²) in [7, 11) is 1.55. The fourth-order valence-corrected chi connectivity index (χ4v) is 4.41. The first kappa shape index (κ1) is 27.6. The second-order valence-corrected chi connectivity index (χ2v) is 9.02. The second kappa shape index (κ2) is 12.8. The number of halogens is 3. The van der Waals surface area contributed by atoms with Crippen LogP contribution in [-0.2, 0) is 6.54 Å². The van der Waals surface area contributed by atoms with Gasteiger partial charge in [-0.25, -0.2) is 0 Å². The summed E-state index contributed by atoms with van der Waals surface area (Å²) in [5.41, 5.74) is 8.03. The zero-order chi connectivity index (χ0) is 26.1. The molecule has 0 spiro atoms. The van der Waals surface area contributed by atoms with Crippen LogP contribution in [0.4, 0.5) is 24.5 Å². The van der Waals surface area contributed by atoms with Crippen molar-refractivity contribution in [1.82, 2.24) is 4.57 Å². The van der Waals surface area contributed by atoms with E-state index in [1.54, 1.807) is 31.4 Å². The average molecular weight is 520 g/mol. The van der Waals surface area contributed by atoms with Crippen LogP contribution in [0.3, 0.4) is 0 Å². The fraction of sp³-hybridized carbons (Fsp3) is 0.385. The lowest BCUT2D eigenvalue weighted by Gasteiger charge is -2.19. The van der Waals surface area contributed by atoms with Crippen LogP contribution in [0.25, 0.3) is 10.9 Å². The molecule has 6 N–H and O–H groups in total. The summed E-state index contributed by atoms with van der Waals surface area (Å²) in [5.74, 6) is 6.48. The largest absolute Gasteiger partial charge is 0.495 e. The number of hydrogen-bond acceptors (Lipinski definition) is 6. The third-order valence-electron chi connectivity index (χ3n) is 5.69. The molecule has 2 aromatic carbocycles. The summed E-state index contributed by atoms with van der Waals surface area (Å²) in [4.78, 5) is 0.845. The van der Waals surface area contributed by atoms with Crippen LogP contribution < -0.4 is 26.2 Å². The van der Waals surface area contributed by atoms with Gasteiger partial charge >= 0.3 is 6.18 Å². The van der Waals surface area contributed by atoms with E-state index in [0.29, 0.717) is 34.6 Å². The number of fused-ring (bicyclic) bond motifs is 1. The van der Waals surface area contributed by atoms with Gasteiger partial charge in [0.1, 0.15) is 12.3 Å². The van der Waals surface area contributed by atoms with Gasteiger partial charge in [0, 0.05) is 22.0 Å². The van der Waals surface area contributed by atoms with Gasteiger partial charge in [-0.2, -0.15) is 13.2 Å². The van der Waals surface area contributed by atoms with Crippen molar-refractivity contribution >= 4 is 34.2 Å². The molecule has 10 heteroatoms. The zero-order valence-electron chi connectivity index (χ0n) is 20.4. The number of nitrogens with one attached hydrogen (secondary N) is 2. The van der Waals surface area contributed by atoms with Crippen LogP contribution in [0.5, 0.6) is 5.75 Å². The summed E-state index contributed by atoms with van der Waals surface area (Å²) in [6.45, 7) is 1.73. The maximum absolute atomic E-state index is 13.5. The van der Waals surface area contributed by atoms with Crippen LogP contribution in [0, 0.1) is 11.8 Å². The summed E-state index contributed by atoms with van der Waals surface area (Å²) in [6.07, 6.45) is -1.71. The zero-order valence-corrected chi connectivity index (χ0v) is 21.2. The van der Waals surface area contributed by atoms with E-state index in [9.17, 15) is 13.2 Å². The summed E-state index contributed by atoms with van der Waals surface area (Å²) in [6, 6.07) is 12.7. The highest BCUT2D eigenvalue weighted by molar-refractivity contribution is 7.97. The third kappa shape index (κ3) is 7.26. The molecular weight excluding hydrogens is 487 g/mol. The minimum absolute atomic E-state index is 0.148. The number of anilines is 2. The molecule has 1 unspecified atom stereocenters. The van der Waals surface area contributed by atoms with Crippen LogP contribution in [0.15, 0.2) is 47.4 Å². The van der Waals surface area contributed by atoms with Crippen LogP contribution in [-0.4, -0.2) is 37.0 Å². The van der Waals surface area contributed by atoms with E-state index in [1.807, 2.05) is 18.2 Å². The Morgan fingerprint density at radius 2 is 1.94 bits per heavy atom. The number of benzene rings is 2. The first-order valence-corrected chi connectivity index (χ1v) is 12.6. The maximum atomic E-state index is 13.5. The number of hydrogen-bond donors (Lipinski definition) is 4. The van der Waals surface area contributed by atoms with Gasteiger partial charge < -0.3 is 25.7 Å². The Labute approximate surface area is 214 Å². The molecule has 36 heavy (non-hydrogen) atoms. The predicted molar refractivity (Wildman–Crippen MR) is 142 cm³/mol. The Morgan fingerprint density at radius 3 is 2.61 bits per heavy atom.